The molecule has 2 nitrogen and oxygen atoms in total. The molecule has 0 spiro atoms. The van der Waals surface area contributed by atoms with E-state index in [1.54, 1.807) is 6.07 Å². The molecule has 1 atom stereocenters. The first-order valence-corrected chi connectivity index (χ1v) is 10.6. The molecule has 1 unspecified atom stereocenters. The van der Waals surface area contributed by atoms with Crippen molar-refractivity contribution in [3.8, 4) is 0 Å². The third-order valence-electron chi connectivity index (χ3n) is 5.68. The van der Waals surface area contributed by atoms with E-state index in [0.717, 1.165) is 31.4 Å². The molecule has 2 aromatic rings. The normalized spacial score (nSPS) is 15.7. The zero-order valence-corrected chi connectivity index (χ0v) is 17.6. The van der Waals surface area contributed by atoms with Crippen molar-refractivity contribution in [2.75, 3.05) is 4.90 Å². The van der Waals surface area contributed by atoms with E-state index in [4.69, 9.17) is 23.2 Å². The van der Waals surface area contributed by atoms with Crippen molar-refractivity contribution in [2.24, 2.45) is 5.92 Å². The Labute approximate surface area is 172 Å². The summed E-state index contributed by atoms with van der Waals surface area (Å²) in [5.74, 6) is 0.159. The smallest absolute Gasteiger partial charge is 0.230 e. The summed E-state index contributed by atoms with van der Waals surface area (Å²) in [5.41, 5.74) is 3.36. The number of hydrogen-bond donors (Lipinski definition) is 0. The van der Waals surface area contributed by atoms with E-state index >= 15 is 0 Å². The van der Waals surface area contributed by atoms with Crippen LogP contribution in [0.3, 0.4) is 0 Å². The Balaban J connectivity index is 1.91. The van der Waals surface area contributed by atoms with Crippen LogP contribution in [0.15, 0.2) is 42.5 Å². The van der Waals surface area contributed by atoms with Gasteiger partial charge in [0.2, 0.25) is 5.91 Å². The molecule has 1 fully saturated rings. The van der Waals surface area contributed by atoms with Crippen molar-refractivity contribution in [2.45, 2.75) is 58.4 Å². The second kappa shape index (κ2) is 9.12. The number of aryl methyl sites for hydroxylation is 1. The number of amides is 1. The molecule has 0 bridgehead atoms. The fourth-order valence-electron chi connectivity index (χ4n) is 4.02. The molecule has 27 heavy (non-hydrogen) atoms. The van der Waals surface area contributed by atoms with E-state index in [-0.39, 0.29) is 17.9 Å². The van der Waals surface area contributed by atoms with Gasteiger partial charge in [0.25, 0.3) is 0 Å². The predicted octanol–water partition coefficient (Wildman–Crippen LogP) is 6.85. The van der Waals surface area contributed by atoms with Crippen LogP contribution in [0.25, 0.3) is 0 Å². The Hall–Kier alpha value is -1.51. The molecule has 2 aromatic carbocycles. The van der Waals surface area contributed by atoms with Gasteiger partial charge in [-0.1, -0.05) is 67.2 Å². The van der Waals surface area contributed by atoms with Crippen LogP contribution in [0.1, 0.15) is 50.2 Å². The molecule has 0 N–H and O–H groups in total. The number of carbonyl (C=O) groups excluding carboxylic acids is 1. The largest absolute Gasteiger partial charge is 0.309 e. The highest BCUT2D eigenvalue weighted by atomic mass is 35.5. The second-order valence-corrected chi connectivity index (χ2v) is 8.30. The minimum absolute atomic E-state index is 0.0406. The molecule has 1 aliphatic rings. The molecular formula is C23H27Cl2NO. The fourth-order valence-corrected chi connectivity index (χ4v) is 4.32. The number of carbonyl (C=O) groups is 1. The van der Waals surface area contributed by atoms with Gasteiger partial charge < -0.3 is 4.90 Å². The minimum Gasteiger partial charge on any atom is -0.309 e. The maximum atomic E-state index is 13.6. The van der Waals surface area contributed by atoms with Crippen molar-refractivity contribution >= 4 is 34.8 Å². The van der Waals surface area contributed by atoms with Crippen molar-refractivity contribution in [3.63, 3.8) is 0 Å². The number of hydrogen-bond acceptors (Lipinski definition) is 1. The Morgan fingerprint density at radius 1 is 1.11 bits per heavy atom. The molecule has 0 aromatic heterocycles. The third kappa shape index (κ3) is 4.67. The number of rotatable bonds is 6. The Morgan fingerprint density at radius 3 is 2.44 bits per heavy atom. The summed E-state index contributed by atoms with van der Waals surface area (Å²) < 4.78 is 0. The summed E-state index contributed by atoms with van der Waals surface area (Å²) in [5, 5.41) is 1.02. The average molecular weight is 404 g/mol. The highest BCUT2D eigenvalue weighted by molar-refractivity contribution is 6.42. The third-order valence-corrected chi connectivity index (χ3v) is 6.42. The van der Waals surface area contributed by atoms with Crippen LogP contribution in [-0.4, -0.2) is 11.9 Å². The van der Waals surface area contributed by atoms with Crippen molar-refractivity contribution in [1.29, 1.82) is 0 Å². The van der Waals surface area contributed by atoms with Gasteiger partial charge in [-0.15, -0.1) is 0 Å². The summed E-state index contributed by atoms with van der Waals surface area (Å²) in [6, 6.07) is 14.1. The van der Waals surface area contributed by atoms with E-state index in [2.05, 4.69) is 26.0 Å². The van der Waals surface area contributed by atoms with Crippen molar-refractivity contribution < 1.29 is 4.79 Å². The maximum Gasteiger partial charge on any atom is 0.230 e. The van der Waals surface area contributed by atoms with Gasteiger partial charge >= 0.3 is 0 Å². The lowest BCUT2D eigenvalue weighted by Gasteiger charge is -2.33. The average Bonchev–Trinajstić information content (AvgIpc) is 3.18. The second-order valence-electron chi connectivity index (χ2n) is 7.48. The van der Waals surface area contributed by atoms with E-state index in [9.17, 15) is 4.79 Å². The summed E-state index contributed by atoms with van der Waals surface area (Å²) in [6.07, 6.45) is 6.03. The highest BCUT2D eigenvalue weighted by Crippen LogP contribution is 2.34. The van der Waals surface area contributed by atoms with Crippen LogP contribution in [0, 0.1) is 12.8 Å². The molecule has 0 saturated heterocycles. The van der Waals surface area contributed by atoms with E-state index in [0.29, 0.717) is 10.0 Å². The Kier molecular flexibility index (Phi) is 6.83. The lowest BCUT2D eigenvalue weighted by atomic mass is 9.92. The molecule has 3 rings (SSSR count). The van der Waals surface area contributed by atoms with E-state index < -0.39 is 0 Å². The molecule has 0 aliphatic heterocycles. The molecule has 0 radical (unpaired) electrons. The lowest BCUT2D eigenvalue weighted by Crippen LogP contribution is -2.43. The quantitative estimate of drug-likeness (QED) is 0.516. The molecule has 1 amide bonds. The van der Waals surface area contributed by atoms with Crippen LogP contribution >= 0.6 is 23.2 Å². The molecule has 1 saturated carbocycles. The number of halogens is 2. The van der Waals surface area contributed by atoms with Gasteiger partial charge in [0.15, 0.2) is 0 Å². The van der Waals surface area contributed by atoms with Crippen molar-refractivity contribution in [1.82, 2.24) is 0 Å². The summed E-state index contributed by atoms with van der Waals surface area (Å²) >= 11 is 12.4. The summed E-state index contributed by atoms with van der Waals surface area (Å²) in [4.78, 5) is 15.6. The standard InChI is InChI=1S/C23H27Cl2NO/c1-3-17(14-18-9-5-4-8-16(18)2)23(27)26(19-10-6-7-11-19)20-12-13-21(24)22(25)15-20/h4-5,8-9,12-13,15,17,19H,3,6-7,10-11,14H2,1-2H3. The van der Waals surface area contributed by atoms with Gasteiger partial charge in [0, 0.05) is 17.6 Å². The minimum atomic E-state index is -0.0406. The number of nitrogens with zero attached hydrogens (tertiary/aromatic N) is 1. The fraction of sp³-hybridized carbons (Fsp3) is 0.435. The van der Waals surface area contributed by atoms with Gasteiger partial charge in [-0.3, -0.25) is 4.79 Å². The zero-order chi connectivity index (χ0) is 19.4. The topological polar surface area (TPSA) is 20.3 Å². The molecule has 4 heteroatoms. The van der Waals surface area contributed by atoms with Crippen LogP contribution in [-0.2, 0) is 11.2 Å². The monoisotopic (exact) mass is 403 g/mol. The molecule has 0 heterocycles. The number of benzene rings is 2. The molecule has 144 valence electrons. The van der Waals surface area contributed by atoms with Gasteiger partial charge in [-0.25, -0.2) is 0 Å². The van der Waals surface area contributed by atoms with Crippen LogP contribution in [0.2, 0.25) is 10.0 Å². The van der Waals surface area contributed by atoms with E-state index in [1.807, 2.05) is 29.2 Å². The Morgan fingerprint density at radius 2 is 1.81 bits per heavy atom. The van der Waals surface area contributed by atoms with Crippen molar-refractivity contribution in [3.05, 3.63) is 63.6 Å². The van der Waals surface area contributed by atoms with Gasteiger partial charge in [-0.05, 0) is 61.9 Å². The lowest BCUT2D eigenvalue weighted by molar-refractivity contribution is -0.123. The maximum absolute atomic E-state index is 13.6. The first-order valence-electron chi connectivity index (χ1n) is 9.84. The first kappa shape index (κ1) is 20.2. The first-order chi connectivity index (χ1) is 13.0. The SMILES string of the molecule is CCC(Cc1ccccc1C)C(=O)N(c1ccc(Cl)c(Cl)c1)C1CCCC1. The number of anilines is 1. The highest BCUT2D eigenvalue weighted by Gasteiger charge is 2.32. The molecular weight excluding hydrogens is 377 g/mol. The molecule has 1 aliphatic carbocycles. The van der Waals surface area contributed by atoms with Gasteiger partial charge in [0.1, 0.15) is 0 Å². The summed E-state index contributed by atoms with van der Waals surface area (Å²) in [6.45, 7) is 4.21. The van der Waals surface area contributed by atoms with Crippen LogP contribution in [0.5, 0.6) is 0 Å². The van der Waals surface area contributed by atoms with E-state index in [1.165, 1.54) is 24.0 Å². The van der Waals surface area contributed by atoms with Crippen LogP contribution < -0.4 is 4.90 Å². The van der Waals surface area contributed by atoms with Gasteiger partial charge in [0.05, 0.1) is 10.0 Å². The van der Waals surface area contributed by atoms with Crippen LogP contribution in [0.4, 0.5) is 5.69 Å². The Bertz CT molecular complexity index is 799. The summed E-state index contributed by atoms with van der Waals surface area (Å²) in [7, 11) is 0. The predicted molar refractivity (Wildman–Crippen MR) is 115 cm³/mol. The van der Waals surface area contributed by atoms with Gasteiger partial charge in [-0.2, -0.15) is 0 Å². The zero-order valence-electron chi connectivity index (χ0n) is 16.1.